The highest BCUT2D eigenvalue weighted by atomic mass is 32.2. The number of carboxylic acid groups (broad SMARTS) is 1. The summed E-state index contributed by atoms with van der Waals surface area (Å²) < 4.78 is 10.6. The fraction of sp³-hybridized carbons (Fsp3) is 0.364. The molecule has 1 aromatic rings. The van der Waals surface area contributed by atoms with Crippen molar-refractivity contribution >= 4 is 17.7 Å². The van der Waals surface area contributed by atoms with Crippen LogP contribution in [0.4, 0.5) is 0 Å². The summed E-state index contributed by atoms with van der Waals surface area (Å²) in [5.74, 6) is 0.970. The number of carbonyl (C=O) groups is 1. The number of thioether (sulfide) groups is 1. The van der Waals surface area contributed by atoms with Crippen LogP contribution in [0.1, 0.15) is 5.56 Å². The highest BCUT2D eigenvalue weighted by Gasteiger charge is 2.20. The second kappa shape index (κ2) is 4.85. The summed E-state index contributed by atoms with van der Waals surface area (Å²) in [6.07, 6.45) is 0.222. The van der Waals surface area contributed by atoms with Crippen LogP contribution in [0.2, 0.25) is 0 Å². The Morgan fingerprint density at radius 1 is 1.71 bits per heavy atom. The van der Waals surface area contributed by atoms with Crippen LogP contribution in [0.5, 0.6) is 11.5 Å². The Balaban J connectivity index is 2.29. The number of nitrogens with two attached hydrogens (primary N) is 1. The molecule has 0 aliphatic carbocycles. The zero-order valence-corrected chi connectivity index (χ0v) is 10.1. The highest BCUT2D eigenvalue weighted by Crippen LogP contribution is 2.40. The maximum absolute atomic E-state index is 10.7. The molecule has 1 aliphatic heterocycles. The molecule has 92 valence electrons. The van der Waals surface area contributed by atoms with Crippen LogP contribution in [0.25, 0.3) is 0 Å². The minimum absolute atomic E-state index is 0.222. The number of methoxy groups -OCH3 is 1. The molecule has 1 atom stereocenters. The highest BCUT2D eigenvalue weighted by molar-refractivity contribution is 7.99. The first kappa shape index (κ1) is 12.1. The van der Waals surface area contributed by atoms with E-state index in [1.165, 1.54) is 0 Å². The Hall–Kier alpha value is -1.40. The molecule has 0 aromatic heterocycles. The summed E-state index contributed by atoms with van der Waals surface area (Å²) in [5, 5.41) is 8.80. The molecule has 1 aliphatic rings. The SMILES string of the molecule is COc1cc2c(cc1CC(N)C(=O)O)OCS2. The van der Waals surface area contributed by atoms with E-state index in [0.717, 1.165) is 16.2 Å². The molecule has 3 N–H and O–H groups in total. The van der Waals surface area contributed by atoms with Gasteiger partial charge in [-0.3, -0.25) is 4.79 Å². The number of carboxylic acids is 1. The van der Waals surface area contributed by atoms with Crippen LogP contribution in [-0.2, 0) is 11.2 Å². The van der Waals surface area contributed by atoms with Gasteiger partial charge in [0, 0.05) is 6.42 Å². The molecule has 17 heavy (non-hydrogen) atoms. The molecule has 5 nitrogen and oxygen atoms in total. The Labute approximate surface area is 103 Å². The second-order valence-electron chi connectivity index (χ2n) is 3.67. The van der Waals surface area contributed by atoms with Gasteiger partial charge in [0.2, 0.25) is 0 Å². The summed E-state index contributed by atoms with van der Waals surface area (Å²) >= 11 is 1.58. The van der Waals surface area contributed by atoms with E-state index in [0.29, 0.717) is 11.7 Å². The summed E-state index contributed by atoms with van der Waals surface area (Å²) in [7, 11) is 1.55. The van der Waals surface area contributed by atoms with E-state index in [-0.39, 0.29) is 6.42 Å². The van der Waals surface area contributed by atoms with Crippen molar-refractivity contribution in [2.24, 2.45) is 5.73 Å². The third-order valence-electron chi connectivity index (χ3n) is 2.53. The molecule has 1 unspecified atom stereocenters. The minimum Gasteiger partial charge on any atom is -0.496 e. The number of aliphatic carboxylic acids is 1. The van der Waals surface area contributed by atoms with Crippen LogP contribution < -0.4 is 15.2 Å². The van der Waals surface area contributed by atoms with Gasteiger partial charge in [0.1, 0.15) is 23.5 Å². The van der Waals surface area contributed by atoms with E-state index in [1.54, 1.807) is 24.9 Å². The topological polar surface area (TPSA) is 81.8 Å². The summed E-state index contributed by atoms with van der Waals surface area (Å²) in [5.41, 5.74) is 6.27. The molecule has 0 bridgehead atoms. The van der Waals surface area contributed by atoms with Crippen LogP contribution >= 0.6 is 11.8 Å². The molecule has 0 spiro atoms. The molecule has 0 radical (unpaired) electrons. The van der Waals surface area contributed by atoms with Gasteiger partial charge in [-0.25, -0.2) is 0 Å². The molecular formula is C11H13NO4S. The number of ether oxygens (including phenoxy) is 2. The zero-order valence-electron chi connectivity index (χ0n) is 9.30. The molecule has 1 heterocycles. The standard InChI is InChI=1S/C11H13NO4S/c1-15-8-4-10-9(16-5-17-10)3-6(8)2-7(12)11(13)14/h3-4,7H,2,5,12H2,1H3,(H,13,14). The predicted octanol–water partition coefficient (Wildman–Crippen LogP) is 1.09. The van der Waals surface area contributed by atoms with Gasteiger partial charge in [0.25, 0.3) is 0 Å². The van der Waals surface area contributed by atoms with Gasteiger partial charge < -0.3 is 20.3 Å². The molecule has 0 fully saturated rings. The van der Waals surface area contributed by atoms with Crippen molar-refractivity contribution in [1.82, 2.24) is 0 Å². The van der Waals surface area contributed by atoms with Gasteiger partial charge in [-0.15, -0.1) is 0 Å². The number of benzene rings is 1. The van der Waals surface area contributed by atoms with Crippen molar-refractivity contribution in [3.63, 3.8) is 0 Å². The molecule has 1 aromatic carbocycles. The lowest BCUT2D eigenvalue weighted by Gasteiger charge is -2.12. The van der Waals surface area contributed by atoms with Crippen LogP contribution in [0, 0.1) is 0 Å². The predicted molar refractivity (Wildman–Crippen MR) is 63.7 cm³/mol. The average Bonchev–Trinajstić information content (AvgIpc) is 2.74. The number of fused-ring (bicyclic) bond motifs is 1. The van der Waals surface area contributed by atoms with Gasteiger partial charge in [0.05, 0.1) is 12.0 Å². The normalized spacial score (nSPS) is 14.9. The number of hydrogen-bond acceptors (Lipinski definition) is 5. The van der Waals surface area contributed by atoms with E-state index < -0.39 is 12.0 Å². The molecule has 2 rings (SSSR count). The summed E-state index contributed by atoms with van der Waals surface area (Å²) in [6, 6.07) is 2.73. The van der Waals surface area contributed by atoms with Gasteiger partial charge in [-0.2, -0.15) is 0 Å². The first-order valence-corrected chi connectivity index (χ1v) is 6.05. The summed E-state index contributed by atoms with van der Waals surface area (Å²) in [4.78, 5) is 11.7. The zero-order chi connectivity index (χ0) is 12.4. The van der Waals surface area contributed by atoms with E-state index in [1.807, 2.05) is 6.07 Å². The fourth-order valence-corrected chi connectivity index (χ4v) is 2.40. The van der Waals surface area contributed by atoms with E-state index in [2.05, 4.69) is 0 Å². The minimum atomic E-state index is -1.03. The number of rotatable bonds is 4. The Morgan fingerprint density at radius 2 is 2.47 bits per heavy atom. The van der Waals surface area contributed by atoms with Gasteiger partial charge >= 0.3 is 5.97 Å². The van der Waals surface area contributed by atoms with Crippen LogP contribution in [-0.4, -0.2) is 30.2 Å². The number of hydrogen-bond donors (Lipinski definition) is 2. The van der Waals surface area contributed by atoms with Crippen molar-refractivity contribution in [2.45, 2.75) is 17.4 Å². The van der Waals surface area contributed by atoms with Crippen LogP contribution in [0.3, 0.4) is 0 Å². The van der Waals surface area contributed by atoms with Crippen molar-refractivity contribution < 1.29 is 19.4 Å². The Morgan fingerprint density at radius 3 is 3.12 bits per heavy atom. The quantitative estimate of drug-likeness (QED) is 0.838. The molecule has 0 amide bonds. The average molecular weight is 255 g/mol. The fourth-order valence-electron chi connectivity index (χ4n) is 1.64. The Bertz CT molecular complexity index is 449. The first-order chi connectivity index (χ1) is 8.11. The van der Waals surface area contributed by atoms with Crippen molar-refractivity contribution in [3.05, 3.63) is 17.7 Å². The van der Waals surface area contributed by atoms with Gasteiger partial charge in [0.15, 0.2) is 0 Å². The van der Waals surface area contributed by atoms with Gasteiger partial charge in [-0.05, 0) is 17.7 Å². The lowest BCUT2D eigenvalue weighted by atomic mass is 10.1. The smallest absolute Gasteiger partial charge is 0.320 e. The molecular weight excluding hydrogens is 242 g/mol. The monoisotopic (exact) mass is 255 g/mol. The van der Waals surface area contributed by atoms with Crippen molar-refractivity contribution in [3.8, 4) is 11.5 Å². The lowest BCUT2D eigenvalue weighted by Crippen LogP contribution is -2.32. The van der Waals surface area contributed by atoms with Crippen molar-refractivity contribution in [1.29, 1.82) is 0 Å². The van der Waals surface area contributed by atoms with Crippen LogP contribution in [0.15, 0.2) is 17.0 Å². The third kappa shape index (κ3) is 2.48. The van der Waals surface area contributed by atoms with E-state index in [9.17, 15) is 4.79 Å². The maximum atomic E-state index is 10.7. The lowest BCUT2D eigenvalue weighted by molar-refractivity contribution is -0.138. The first-order valence-electron chi connectivity index (χ1n) is 5.06. The van der Waals surface area contributed by atoms with E-state index >= 15 is 0 Å². The summed E-state index contributed by atoms with van der Waals surface area (Å²) in [6.45, 7) is 0. The Kier molecular flexibility index (Phi) is 3.44. The largest absolute Gasteiger partial charge is 0.496 e. The maximum Gasteiger partial charge on any atom is 0.320 e. The van der Waals surface area contributed by atoms with E-state index in [4.69, 9.17) is 20.3 Å². The van der Waals surface area contributed by atoms with Crippen molar-refractivity contribution in [2.75, 3.05) is 13.0 Å². The third-order valence-corrected chi connectivity index (χ3v) is 3.40. The molecule has 0 saturated carbocycles. The molecule has 6 heteroatoms. The molecule has 0 saturated heterocycles. The van der Waals surface area contributed by atoms with Gasteiger partial charge in [-0.1, -0.05) is 11.8 Å². The second-order valence-corrected chi connectivity index (χ2v) is 4.63.